The van der Waals surface area contributed by atoms with Crippen molar-refractivity contribution in [2.75, 3.05) is 13.1 Å². The van der Waals surface area contributed by atoms with Gasteiger partial charge in [0.15, 0.2) is 0 Å². The summed E-state index contributed by atoms with van der Waals surface area (Å²) in [5.41, 5.74) is 1.40. The maximum absolute atomic E-state index is 11.8. The number of rotatable bonds is 1. The van der Waals surface area contributed by atoms with E-state index in [0.29, 0.717) is 12.0 Å². The lowest BCUT2D eigenvalue weighted by Gasteiger charge is -2.25. The summed E-state index contributed by atoms with van der Waals surface area (Å²) in [6.07, 6.45) is 4.53. The number of hydrogen-bond donors (Lipinski definition) is 0. The van der Waals surface area contributed by atoms with Gasteiger partial charge < -0.3 is 9.64 Å². The molecule has 0 aromatic rings. The fourth-order valence-corrected chi connectivity index (χ4v) is 1.97. The van der Waals surface area contributed by atoms with E-state index in [1.807, 2.05) is 20.8 Å². The van der Waals surface area contributed by atoms with Crippen LogP contribution in [-0.4, -0.2) is 29.7 Å². The highest BCUT2D eigenvalue weighted by atomic mass is 16.6. The zero-order chi connectivity index (χ0) is 12.0. The van der Waals surface area contributed by atoms with Crippen molar-refractivity contribution in [1.82, 2.24) is 4.90 Å². The van der Waals surface area contributed by atoms with Gasteiger partial charge in [-0.15, -0.1) is 0 Å². The molecule has 1 saturated carbocycles. The highest BCUT2D eigenvalue weighted by Crippen LogP contribution is 2.52. The molecule has 0 N–H and O–H groups in total. The Morgan fingerprint density at radius 2 is 2.06 bits per heavy atom. The molecule has 0 radical (unpaired) electrons. The Morgan fingerprint density at radius 3 is 2.56 bits per heavy atom. The quantitative estimate of drug-likeness (QED) is 0.640. The van der Waals surface area contributed by atoms with Crippen molar-refractivity contribution in [1.29, 1.82) is 0 Å². The molecule has 3 heteroatoms. The van der Waals surface area contributed by atoms with Crippen LogP contribution in [0.2, 0.25) is 0 Å². The largest absolute Gasteiger partial charge is 0.444 e. The summed E-state index contributed by atoms with van der Waals surface area (Å²) in [6.45, 7) is 9.44. The molecule has 2 rings (SSSR count). The van der Waals surface area contributed by atoms with Gasteiger partial charge in [-0.3, -0.25) is 0 Å². The summed E-state index contributed by atoms with van der Waals surface area (Å²) in [4.78, 5) is 13.6. The molecule has 0 bridgehead atoms. The number of hydrogen-bond acceptors (Lipinski definition) is 2. The first-order valence-electron chi connectivity index (χ1n) is 5.98. The van der Waals surface area contributed by atoms with Gasteiger partial charge >= 0.3 is 6.09 Å². The fraction of sp³-hybridized carbons (Fsp3) is 0.769. The van der Waals surface area contributed by atoms with Crippen LogP contribution in [-0.2, 0) is 4.74 Å². The van der Waals surface area contributed by atoms with Crippen molar-refractivity contribution in [3.8, 4) is 0 Å². The molecule has 0 aromatic carbocycles. The van der Waals surface area contributed by atoms with E-state index in [0.717, 1.165) is 6.54 Å². The third kappa shape index (κ3) is 2.39. The summed E-state index contributed by atoms with van der Waals surface area (Å²) >= 11 is 0. The third-order valence-electron chi connectivity index (χ3n) is 3.35. The van der Waals surface area contributed by atoms with Crippen LogP contribution in [0, 0.1) is 5.41 Å². The Hall–Kier alpha value is -0.990. The smallest absolute Gasteiger partial charge is 0.410 e. The first kappa shape index (κ1) is 11.5. The minimum atomic E-state index is -0.399. The van der Waals surface area contributed by atoms with E-state index in [9.17, 15) is 4.79 Å². The van der Waals surface area contributed by atoms with Crippen LogP contribution >= 0.6 is 0 Å². The van der Waals surface area contributed by atoms with E-state index in [2.05, 4.69) is 13.0 Å². The molecule has 90 valence electrons. The zero-order valence-corrected chi connectivity index (χ0v) is 10.7. The van der Waals surface area contributed by atoms with Crippen LogP contribution in [0.4, 0.5) is 4.79 Å². The van der Waals surface area contributed by atoms with Gasteiger partial charge in [-0.05, 0) is 44.6 Å². The third-order valence-corrected chi connectivity index (χ3v) is 3.35. The predicted octanol–water partition coefficient (Wildman–Crippen LogP) is 2.96. The molecular weight excluding hydrogens is 202 g/mol. The van der Waals surface area contributed by atoms with Gasteiger partial charge in [0.2, 0.25) is 0 Å². The summed E-state index contributed by atoms with van der Waals surface area (Å²) in [5, 5.41) is 0. The highest BCUT2D eigenvalue weighted by molar-refractivity contribution is 5.69. The number of carbonyl (C=O) groups is 1. The van der Waals surface area contributed by atoms with Crippen molar-refractivity contribution in [2.45, 2.75) is 46.1 Å². The SMILES string of the molecule is CC(C)(C)OC(=O)N1CC=C(C2(C)CC2)C1. The first-order chi connectivity index (χ1) is 7.30. The summed E-state index contributed by atoms with van der Waals surface area (Å²) < 4.78 is 5.36. The second-order valence-electron chi connectivity index (χ2n) is 6.15. The number of amides is 1. The van der Waals surface area contributed by atoms with Gasteiger partial charge in [0.05, 0.1) is 0 Å². The Morgan fingerprint density at radius 1 is 1.44 bits per heavy atom. The normalized spacial score (nSPS) is 23.0. The van der Waals surface area contributed by atoms with Crippen LogP contribution in [0.3, 0.4) is 0 Å². The Balaban J connectivity index is 1.89. The molecule has 0 spiro atoms. The maximum atomic E-state index is 11.8. The van der Waals surface area contributed by atoms with Gasteiger partial charge in [-0.25, -0.2) is 4.79 Å². The second kappa shape index (κ2) is 3.51. The van der Waals surface area contributed by atoms with Gasteiger partial charge in [-0.2, -0.15) is 0 Å². The molecule has 1 heterocycles. The molecule has 0 aromatic heterocycles. The summed E-state index contributed by atoms with van der Waals surface area (Å²) in [7, 11) is 0. The lowest BCUT2D eigenvalue weighted by atomic mass is 9.99. The molecule has 3 nitrogen and oxygen atoms in total. The standard InChI is InChI=1S/C13H21NO2/c1-12(2,3)16-11(15)14-8-5-10(9-14)13(4)6-7-13/h5H,6-9H2,1-4H3. The van der Waals surface area contributed by atoms with Crippen molar-refractivity contribution in [3.63, 3.8) is 0 Å². The van der Waals surface area contributed by atoms with Crippen LogP contribution < -0.4 is 0 Å². The van der Waals surface area contributed by atoms with Crippen molar-refractivity contribution >= 4 is 6.09 Å². The Bertz CT molecular complexity index is 334. The van der Waals surface area contributed by atoms with E-state index in [1.54, 1.807) is 4.90 Å². The average molecular weight is 223 g/mol. The molecule has 0 atom stereocenters. The number of nitrogens with zero attached hydrogens (tertiary/aromatic N) is 1. The molecule has 1 fully saturated rings. The number of carbonyl (C=O) groups excluding carboxylic acids is 1. The summed E-state index contributed by atoms with van der Waals surface area (Å²) in [6, 6.07) is 0. The second-order valence-corrected chi connectivity index (χ2v) is 6.15. The van der Waals surface area contributed by atoms with E-state index in [1.165, 1.54) is 18.4 Å². The fourth-order valence-electron chi connectivity index (χ4n) is 1.97. The van der Waals surface area contributed by atoms with Crippen LogP contribution in [0.25, 0.3) is 0 Å². The molecule has 1 aliphatic heterocycles. The number of ether oxygens (including phenoxy) is 1. The van der Waals surface area contributed by atoms with Crippen LogP contribution in [0.5, 0.6) is 0 Å². The van der Waals surface area contributed by atoms with Crippen molar-refractivity contribution in [2.24, 2.45) is 5.41 Å². The maximum Gasteiger partial charge on any atom is 0.410 e. The molecule has 0 unspecified atom stereocenters. The van der Waals surface area contributed by atoms with Gasteiger partial charge in [-0.1, -0.05) is 13.0 Å². The van der Waals surface area contributed by atoms with Crippen molar-refractivity contribution in [3.05, 3.63) is 11.6 Å². The Labute approximate surface area is 97.5 Å². The van der Waals surface area contributed by atoms with Crippen molar-refractivity contribution < 1.29 is 9.53 Å². The van der Waals surface area contributed by atoms with Gasteiger partial charge in [0, 0.05) is 13.1 Å². The first-order valence-corrected chi connectivity index (χ1v) is 5.98. The molecule has 16 heavy (non-hydrogen) atoms. The molecule has 1 aliphatic carbocycles. The lowest BCUT2D eigenvalue weighted by molar-refractivity contribution is 0.0299. The highest BCUT2D eigenvalue weighted by Gasteiger charge is 2.43. The lowest BCUT2D eigenvalue weighted by Crippen LogP contribution is -2.35. The minimum absolute atomic E-state index is 0.192. The van der Waals surface area contributed by atoms with E-state index in [-0.39, 0.29) is 6.09 Å². The van der Waals surface area contributed by atoms with E-state index < -0.39 is 5.60 Å². The average Bonchev–Trinajstić information content (AvgIpc) is 2.71. The minimum Gasteiger partial charge on any atom is -0.444 e. The molecule has 2 aliphatic rings. The summed E-state index contributed by atoms with van der Waals surface area (Å²) in [5.74, 6) is 0. The van der Waals surface area contributed by atoms with E-state index >= 15 is 0 Å². The van der Waals surface area contributed by atoms with Crippen LogP contribution in [0.15, 0.2) is 11.6 Å². The van der Waals surface area contributed by atoms with Crippen LogP contribution in [0.1, 0.15) is 40.5 Å². The zero-order valence-electron chi connectivity index (χ0n) is 10.7. The topological polar surface area (TPSA) is 29.5 Å². The monoisotopic (exact) mass is 223 g/mol. The van der Waals surface area contributed by atoms with E-state index in [4.69, 9.17) is 4.74 Å². The van der Waals surface area contributed by atoms with Gasteiger partial charge in [0.1, 0.15) is 5.60 Å². The Kier molecular flexibility index (Phi) is 2.52. The molecular formula is C13H21NO2. The molecule has 0 saturated heterocycles. The van der Waals surface area contributed by atoms with Gasteiger partial charge in [0.25, 0.3) is 0 Å². The molecule has 1 amide bonds. The predicted molar refractivity (Wildman–Crippen MR) is 63.2 cm³/mol.